The van der Waals surface area contributed by atoms with Crippen LogP contribution in [0, 0.1) is 11.2 Å². The number of halogens is 2. The highest BCUT2D eigenvalue weighted by Gasteiger charge is 2.43. The highest BCUT2D eigenvalue weighted by Crippen LogP contribution is 2.42. The van der Waals surface area contributed by atoms with Gasteiger partial charge < -0.3 is 4.74 Å². The van der Waals surface area contributed by atoms with Crippen molar-refractivity contribution in [3.8, 4) is 0 Å². The van der Waals surface area contributed by atoms with Gasteiger partial charge in [0, 0.05) is 18.6 Å². The summed E-state index contributed by atoms with van der Waals surface area (Å²) in [6.45, 7) is 4.40. The van der Waals surface area contributed by atoms with Gasteiger partial charge in [-0.3, -0.25) is 4.79 Å². The van der Waals surface area contributed by atoms with E-state index in [9.17, 15) is 9.18 Å². The van der Waals surface area contributed by atoms with Crippen LogP contribution < -0.4 is 0 Å². The van der Waals surface area contributed by atoms with E-state index in [1.54, 1.807) is 7.11 Å². The second-order valence-electron chi connectivity index (χ2n) is 6.70. The summed E-state index contributed by atoms with van der Waals surface area (Å²) in [6.07, 6.45) is 3.28. The second kappa shape index (κ2) is 6.05. The molecule has 2 rings (SSSR count). The number of benzene rings is 1. The summed E-state index contributed by atoms with van der Waals surface area (Å²) in [6, 6.07) is 4.30. The molecule has 0 radical (unpaired) electrons. The van der Waals surface area contributed by atoms with Crippen molar-refractivity contribution in [3.05, 3.63) is 34.6 Å². The summed E-state index contributed by atoms with van der Waals surface area (Å²) >= 11 is 5.88. The third kappa shape index (κ3) is 3.64. The second-order valence-corrected chi connectivity index (χ2v) is 7.13. The minimum atomic E-state index is -0.774. The van der Waals surface area contributed by atoms with E-state index < -0.39 is 11.4 Å². The van der Waals surface area contributed by atoms with E-state index in [1.165, 1.54) is 18.2 Å². The van der Waals surface area contributed by atoms with Crippen LogP contribution >= 0.6 is 11.6 Å². The number of carbonyl (C=O) groups is 1. The topological polar surface area (TPSA) is 26.3 Å². The van der Waals surface area contributed by atoms with Crippen molar-refractivity contribution in [2.24, 2.45) is 5.41 Å². The number of carbonyl (C=O) groups excluding carboxylic acids is 1. The maximum Gasteiger partial charge on any atom is 0.169 e. The van der Waals surface area contributed by atoms with Gasteiger partial charge in [-0.1, -0.05) is 25.4 Å². The van der Waals surface area contributed by atoms with E-state index in [1.807, 2.05) is 0 Å². The zero-order valence-corrected chi connectivity index (χ0v) is 13.6. The Morgan fingerprint density at radius 2 is 1.90 bits per heavy atom. The van der Waals surface area contributed by atoms with Crippen LogP contribution in [0.15, 0.2) is 18.2 Å². The zero-order chi connectivity index (χ0) is 15.7. The molecular formula is C17H22ClFO2. The molecule has 1 fully saturated rings. The molecule has 4 heteroatoms. The Labute approximate surface area is 130 Å². The van der Waals surface area contributed by atoms with Crippen LogP contribution in [0.4, 0.5) is 4.39 Å². The molecule has 1 aromatic rings. The molecular weight excluding hydrogens is 291 g/mol. The van der Waals surface area contributed by atoms with Gasteiger partial charge in [0.25, 0.3) is 0 Å². The predicted octanol–water partition coefficient (Wildman–Crippen LogP) is 4.58. The van der Waals surface area contributed by atoms with E-state index >= 15 is 0 Å². The monoisotopic (exact) mass is 312 g/mol. The summed E-state index contributed by atoms with van der Waals surface area (Å²) < 4.78 is 19.4. The normalized spacial score (nSPS) is 20.2. The minimum Gasteiger partial charge on any atom is -0.370 e. The molecule has 1 saturated carbocycles. The Kier molecular flexibility index (Phi) is 4.74. The van der Waals surface area contributed by atoms with Gasteiger partial charge in [-0.25, -0.2) is 4.39 Å². The van der Waals surface area contributed by atoms with Crippen LogP contribution in [0.2, 0.25) is 5.02 Å². The summed E-state index contributed by atoms with van der Waals surface area (Å²) in [5, 5.41) is 0.440. The maximum absolute atomic E-state index is 13.8. The van der Waals surface area contributed by atoms with Gasteiger partial charge in [-0.2, -0.15) is 0 Å². The average molecular weight is 313 g/mol. The van der Waals surface area contributed by atoms with Crippen LogP contribution in [0.5, 0.6) is 0 Å². The third-order valence-electron chi connectivity index (χ3n) is 4.67. The molecule has 2 nitrogen and oxygen atoms in total. The van der Waals surface area contributed by atoms with Crippen molar-refractivity contribution >= 4 is 17.4 Å². The predicted molar refractivity (Wildman–Crippen MR) is 82.1 cm³/mol. The average Bonchev–Trinajstić information content (AvgIpc) is 2.43. The molecule has 0 heterocycles. The Morgan fingerprint density at radius 3 is 2.48 bits per heavy atom. The summed E-state index contributed by atoms with van der Waals surface area (Å²) in [5.41, 5.74) is -0.192. The van der Waals surface area contributed by atoms with Crippen LogP contribution in [0.25, 0.3) is 0 Å². The van der Waals surface area contributed by atoms with E-state index in [-0.39, 0.29) is 17.6 Å². The van der Waals surface area contributed by atoms with Gasteiger partial charge in [-0.15, -0.1) is 0 Å². The molecule has 0 unspecified atom stereocenters. The Bertz CT molecular complexity index is 530. The molecule has 0 amide bonds. The van der Waals surface area contributed by atoms with Gasteiger partial charge in [0.05, 0.1) is 0 Å². The number of Topliss-reactive ketones (excluding diaryl/α,β-unsaturated/α-hetero) is 1. The van der Waals surface area contributed by atoms with E-state index in [4.69, 9.17) is 16.3 Å². The molecule has 1 aliphatic rings. The number of rotatable bonds is 4. The lowest BCUT2D eigenvalue weighted by atomic mass is 9.69. The summed E-state index contributed by atoms with van der Waals surface area (Å²) in [5.74, 6) is -0.447. The first-order valence-electron chi connectivity index (χ1n) is 7.30. The Balaban J connectivity index is 2.16. The molecule has 1 aromatic carbocycles. The lowest BCUT2D eigenvalue weighted by molar-refractivity contribution is -0.147. The first kappa shape index (κ1) is 16.4. The van der Waals surface area contributed by atoms with E-state index in [0.29, 0.717) is 23.4 Å². The van der Waals surface area contributed by atoms with Crippen molar-refractivity contribution in [1.82, 2.24) is 0 Å². The lowest BCUT2D eigenvalue weighted by Gasteiger charge is -2.41. The van der Waals surface area contributed by atoms with E-state index in [2.05, 4.69) is 13.8 Å². The summed E-state index contributed by atoms with van der Waals surface area (Å²) in [4.78, 5) is 12.7. The van der Waals surface area contributed by atoms with Crippen molar-refractivity contribution in [2.45, 2.75) is 51.6 Å². The molecule has 0 aliphatic heterocycles. The van der Waals surface area contributed by atoms with Gasteiger partial charge in [0.2, 0.25) is 0 Å². The molecule has 0 bridgehead atoms. The highest BCUT2D eigenvalue weighted by atomic mass is 35.5. The molecule has 0 spiro atoms. The lowest BCUT2D eigenvalue weighted by Crippen LogP contribution is -2.46. The van der Waals surface area contributed by atoms with Gasteiger partial charge in [0.15, 0.2) is 5.78 Å². The van der Waals surface area contributed by atoms with Crippen LogP contribution in [0.1, 0.15) is 45.1 Å². The molecule has 0 aromatic heterocycles. The molecule has 116 valence electrons. The maximum atomic E-state index is 13.8. The SMILES string of the molecule is COC1(C(=O)Cc2cc(Cl)ccc2F)CCC(C)(C)CC1. The van der Waals surface area contributed by atoms with Crippen LogP contribution in [-0.2, 0) is 16.0 Å². The van der Waals surface area contributed by atoms with Crippen LogP contribution in [-0.4, -0.2) is 18.5 Å². The minimum absolute atomic E-state index is 0.0284. The number of hydrogen-bond donors (Lipinski definition) is 0. The van der Waals surface area contributed by atoms with Crippen molar-refractivity contribution < 1.29 is 13.9 Å². The number of methoxy groups -OCH3 is 1. The third-order valence-corrected chi connectivity index (χ3v) is 4.90. The van der Waals surface area contributed by atoms with Gasteiger partial charge in [-0.05, 0) is 54.9 Å². The molecule has 21 heavy (non-hydrogen) atoms. The quantitative estimate of drug-likeness (QED) is 0.813. The Hall–Kier alpha value is -0.930. The first-order chi connectivity index (χ1) is 9.78. The molecule has 0 N–H and O–H groups in total. The fourth-order valence-electron chi connectivity index (χ4n) is 2.94. The zero-order valence-electron chi connectivity index (χ0n) is 12.8. The van der Waals surface area contributed by atoms with E-state index in [0.717, 1.165) is 12.8 Å². The van der Waals surface area contributed by atoms with Crippen molar-refractivity contribution in [3.63, 3.8) is 0 Å². The molecule has 1 aliphatic carbocycles. The number of hydrogen-bond acceptors (Lipinski definition) is 2. The first-order valence-corrected chi connectivity index (χ1v) is 7.68. The Morgan fingerprint density at radius 1 is 1.29 bits per heavy atom. The van der Waals surface area contributed by atoms with Gasteiger partial charge in [0.1, 0.15) is 11.4 Å². The van der Waals surface area contributed by atoms with Crippen molar-refractivity contribution in [2.75, 3.05) is 7.11 Å². The number of ketones is 1. The molecule has 0 saturated heterocycles. The fraction of sp³-hybridized carbons (Fsp3) is 0.588. The number of ether oxygens (including phenoxy) is 1. The van der Waals surface area contributed by atoms with Crippen LogP contribution in [0.3, 0.4) is 0 Å². The smallest absolute Gasteiger partial charge is 0.169 e. The highest BCUT2D eigenvalue weighted by molar-refractivity contribution is 6.30. The fourth-order valence-corrected chi connectivity index (χ4v) is 3.13. The standard InChI is InChI=1S/C17H22ClFO2/c1-16(2)6-8-17(21-3,9-7-16)15(20)11-12-10-13(18)4-5-14(12)19/h4-5,10H,6-9,11H2,1-3H3. The summed E-state index contributed by atoms with van der Waals surface area (Å²) in [7, 11) is 1.57. The van der Waals surface area contributed by atoms with Gasteiger partial charge >= 0.3 is 0 Å². The molecule has 0 atom stereocenters. The van der Waals surface area contributed by atoms with Crippen molar-refractivity contribution in [1.29, 1.82) is 0 Å². The largest absolute Gasteiger partial charge is 0.370 e.